The predicted octanol–water partition coefficient (Wildman–Crippen LogP) is 1.09. The molecule has 0 unspecified atom stereocenters. The molecule has 0 saturated carbocycles. The molecule has 21 heavy (non-hydrogen) atoms. The van der Waals surface area contributed by atoms with Crippen LogP contribution in [0.2, 0.25) is 0 Å². The Balaban J connectivity index is 1.76. The first kappa shape index (κ1) is 15.8. The van der Waals surface area contributed by atoms with Crippen molar-refractivity contribution in [2.45, 2.75) is 25.4 Å². The summed E-state index contributed by atoms with van der Waals surface area (Å²) in [6.07, 6.45) is 0.926. The minimum atomic E-state index is -0.966. The van der Waals surface area contributed by atoms with Gasteiger partial charge in [0.15, 0.2) is 0 Å². The van der Waals surface area contributed by atoms with Crippen LogP contribution < -0.4 is 11.2 Å². The molecular formula is C15H24N4O2. The molecule has 1 aliphatic rings. The van der Waals surface area contributed by atoms with E-state index in [1.54, 1.807) is 0 Å². The third-order valence-corrected chi connectivity index (χ3v) is 3.76. The van der Waals surface area contributed by atoms with Crippen molar-refractivity contribution in [2.24, 2.45) is 5.73 Å². The van der Waals surface area contributed by atoms with Gasteiger partial charge < -0.3 is 10.8 Å². The average molecular weight is 292 g/mol. The van der Waals surface area contributed by atoms with Gasteiger partial charge in [-0.05, 0) is 18.4 Å². The Labute approximate surface area is 125 Å². The molecule has 1 aliphatic heterocycles. The Morgan fingerprint density at radius 3 is 2.57 bits per heavy atom. The largest absolute Gasteiger partial charge is 0.464 e. The minimum Gasteiger partial charge on any atom is -0.464 e. The van der Waals surface area contributed by atoms with Crippen LogP contribution in [0.5, 0.6) is 0 Å². The number of piperidine rings is 1. The average Bonchev–Trinajstić information content (AvgIpc) is 2.49. The normalized spacial score (nSPS) is 16.8. The molecular weight excluding hydrogens is 268 g/mol. The van der Waals surface area contributed by atoms with Gasteiger partial charge in [0.1, 0.15) is 0 Å². The summed E-state index contributed by atoms with van der Waals surface area (Å²) in [6, 6.07) is 10.6. The van der Waals surface area contributed by atoms with Crippen LogP contribution in [0.25, 0.3) is 0 Å². The topological polar surface area (TPSA) is 81.8 Å². The van der Waals surface area contributed by atoms with Crippen LogP contribution in [0.4, 0.5) is 4.79 Å². The summed E-state index contributed by atoms with van der Waals surface area (Å²) in [4.78, 5) is 13.5. The highest BCUT2D eigenvalue weighted by Crippen LogP contribution is 2.14. The van der Waals surface area contributed by atoms with Gasteiger partial charge in [-0.2, -0.15) is 0 Å². The first-order valence-corrected chi connectivity index (χ1v) is 7.42. The highest BCUT2D eigenvalue weighted by Gasteiger charge is 2.22. The molecule has 1 aromatic carbocycles. The van der Waals surface area contributed by atoms with Crippen LogP contribution in [0.1, 0.15) is 18.4 Å². The van der Waals surface area contributed by atoms with Crippen molar-refractivity contribution in [1.29, 1.82) is 0 Å². The molecule has 0 radical (unpaired) electrons. The lowest BCUT2D eigenvalue weighted by atomic mass is 10.0. The van der Waals surface area contributed by atoms with Crippen LogP contribution in [0.3, 0.4) is 0 Å². The van der Waals surface area contributed by atoms with Crippen LogP contribution in [-0.2, 0) is 6.54 Å². The molecule has 116 valence electrons. The smallest absolute Gasteiger partial charge is 0.421 e. The third-order valence-electron chi connectivity index (χ3n) is 3.76. The van der Waals surface area contributed by atoms with E-state index in [0.29, 0.717) is 13.1 Å². The summed E-state index contributed by atoms with van der Waals surface area (Å²) >= 11 is 0. The van der Waals surface area contributed by atoms with Crippen molar-refractivity contribution in [3.05, 3.63) is 35.9 Å². The lowest BCUT2D eigenvalue weighted by Gasteiger charge is -2.34. The Kier molecular flexibility index (Phi) is 5.98. The summed E-state index contributed by atoms with van der Waals surface area (Å²) in [5, 5.41) is 10.3. The van der Waals surface area contributed by atoms with Gasteiger partial charge in [-0.3, -0.25) is 4.90 Å². The van der Waals surface area contributed by atoms with Gasteiger partial charge in [0, 0.05) is 32.2 Å². The van der Waals surface area contributed by atoms with Crippen LogP contribution >= 0.6 is 0 Å². The van der Waals surface area contributed by atoms with Gasteiger partial charge in [0.2, 0.25) is 0 Å². The Hall–Kier alpha value is -1.63. The molecule has 0 atom stereocenters. The molecule has 6 heteroatoms. The Morgan fingerprint density at radius 2 is 2.00 bits per heavy atom. The van der Waals surface area contributed by atoms with Gasteiger partial charge in [-0.1, -0.05) is 30.3 Å². The number of benzene rings is 1. The summed E-state index contributed by atoms with van der Waals surface area (Å²) < 4.78 is 0. The van der Waals surface area contributed by atoms with Gasteiger partial charge in [0.25, 0.3) is 0 Å². The lowest BCUT2D eigenvalue weighted by molar-refractivity contribution is 0.0916. The minimum absolute atomic E-state index is 0.208. The molecule has 1 amide bonds. The number of hydrogen-bond acceptors (Lipinski definition) is 4. The molecule has 1 heterocycles. The van der Waals surface area contributed by atoms with Crippen LogP contribution in [0, 0.1) is 0 Å². The number of rotatable bonds is 6. The number of hydrazine groups is 1. The fourth-order valence-corrected chi connectivity index (χ4v) is 2.63. The first-order valence-electron chi connectivity index (χ1n) is 7.42. The molecule has 1 fully saturated rings. The highest BCUT2D eigenvalue weighted by molar-refractivity contribution is 5.64. The molecule has 1 saturated heterocycles. The molecule has 0 aromatic heterocycles. The summed E-state index contributed by atoms with van der Waals surface area (Å²) in [5.74, 6) is 0. The zero-order valence-electron chi connectivity index (χ0n) is 12.2. The Morgan fingerprint density at radius 1 is 1.33 bits per heavy atom. The zero-order chi connectivity index (χ0) is 15.1. The SMILES string of the molecule is NCCN(NC1CCN(Cc2ccccc2)CC1)C(=O)O. The van der Waals surface area contributed by atoms with E-state index in [0.717, 1.165) is 32.5 Å². The lowest BCUT2D eigenvalue weighted by Crippen LogP contribution is -2.52. The van der Waals surface area contributed by atoms with E-state index in [1.807, 2.05) is 6.07 Å². The predicted molar refractivity (Wildman–Crippen MR) is 81.7 cm³/mol. The number of nitrogens with zero attached hydrogens (tertiary/aromatic N) is 2. The number of nitrogens with one attached hydrogen (secondary N) is 1. The molecule has 0 bridgehead atoms. The van der Waals surface area contributed by atoms with Crippen molar-refractivity contribution < 1.29 is 9.90 Å². The zero-order valence-corrected chi connectivity index (χ0v) is 12.2. The van der Waals surface area contributed by atoms with Gasteiger partial charge >= 0.3 is 6.09 Å². The van der Waals surface area contributed by atoms with Gasteiger partial charge in [0.05, 0.1) is 6.54 Å². The molecule has 0 spiro atoms. The van der Waals surface area contributed by atoms with Crippen molar-refractivity contribution in [1.82, 2.24) is 15.3 Å². The summed E-state index contributed by atoms with van der Waals surface area (Å²) in [5.41, 5.74) is 9.81. The monoisotopic (exact) mass is 292 g/mol. The van der Waals surface area contributed by atoms with E-state index in [9.17, 15) is 4.79 Å². The van der Waals surface area contributed by atoms with E-state index in [4.69, 9.17) is 10.8 Å². The van der Waals surface area contributed by atoms with E-state index >= 15 is 0 Å². The maximum absolute atomic E-state index is 11.1. The van der Waals surface area contributed by atoms with Crippen LogP contribution in [0.15, 0.2) is 30.3 Å². The number of carboxylic acid groups (broad SMARTS) is 1. The summed E-state index contributed by atoms with van der Waals surface area (Å²) in [6.45, 7) is 3.55. The fraction of sp³-hybridized carbons (Fsp3) is 0.533. The van der Waals surface area contributed by atoms with Crippen molar-refractivity contribution >= 4 is 6.09 Å². The molecule has 6 nitrogen and oxygen atoms in total. The quantitative estimate of drug-likeness (QED) is 0.684. The van der Waals surface area contributed by atoms with E-state index in [2.05, 4.69) is 34.6 Å². The maximum atomic E-state index is 11.1. The molecule has 0 aliphatic carbocycles. The van der Waals surface area contributed by atoms with Crippen molar-refractivity contribution in [2.75, 3.05) is 26.2 Å². The number of likely N-dealkylation sites (tertiary alicyclic amines) is 1. The van der Waals surface area contributed by atoms with E-state index in [-0.39, 0.29) is 6.04 Å². The van der Waals surface area contributed by atoms with Gasteiger partial charge in [-0.15, -0.1) is 0 Å². The second-order valence-corrected chi connectivity index (χ2v) is 5.39. The second-order valence-electron chi connectivity index (χ2n) is 5.39. The fourth-order valence-electron chi connectivity index (χ4n) is 2.63. The van der Waals surface area contributed by atoms with Crippen LogP contribution in [-0.4, -0.2) is 53.3 Å². The van der Waals surface area contributed by atoms with Crippen molar-refractivity contribution in [3.63, 3.8) is 0 Å². The third kappa shape index (κ3) is 5.00. The number of nitrogens with two attached hydrogens (primary N) is 1. The molecule has 2 rings (SSSR count). The number of amides is 1. The molecule has 4 N–H and O–H groups in total. The first-order chi connectivity index (χ1) is 10.2. The standard InChI is InChI=1S/C15H24N4O2/c16-8-11-19(15(20)21)17-14-6-9-18(10-7-14)12-13-4-2-1-3-5-13/h1-5,14,17H,6-12,16H2,(H,20,21). The Bertz CT molecular complexity index is 433. The van der Waals surface area contributed by atoms with E-state index in [1.165, 1.54) is 10.6 Å². The second kappa shape index (κ2) is 7.97. The van der Waals surface area contributed by atoms with Gasteiger partial charge in [-0.25, -0.2) is 15.2 Å². The molecule has 1 aromatic rings. The summed E-state index contributed by atoms with van der Waals surface area (Å²) in [7, 11) is 0. The van der Waals surface area contributed by atoms with Crippen molar-refractivity contribution in [3.8, 4) is 0 Å². The highest BCUT2D eigenvalue weighted by atomic mass is 16.4. The number of carbonyl (C=O) groups is 1. The van der Waals surface area contributed by atoms with E-state index < -0.39 is 6.09 Å². The maximum Gasteiger partial charge on any atom is 0.421 e. The number of hydrogen-bond donors (Lipinski definition) is 3.